The zero-order chi connectivity index (χ0) is 36.5. The van der Waals surface area contributed by atoms with Gasteiger partial charge in [0, 0.05) is 42.3 Å². The van der Waals surface area contributed by atoms with Crippen molar-refractivity contribution in [1.29, 1.82) is 0 Å². The largest absolute Gasteiger partial charge is 0.490 e. The summed E-state index contributed by atoms with van der Waals surface area (Å²) in [6, 6.07) is 12.7. The predicted octanol–water partition coefficient (Wildman–Crippen LogP) is 5.91. The molecule has 0 saturated carbocycles. The number of thiophene rings is 1. The Morgan fingerprint density at radius 2 is 1.33 bits per heavy atom. The minimum Gasteiger partial charge on any atom is -0.475 e. The van der Waals surface area contributed by atoms with Crippen molar-refractivity contribution in [3.8, 4) is 0 Å². The fraction of sp³-hybridized carbons (Fsp3) is 0.393. The Hall–Kier alpha value is -4.46. The van der Waals surface area contributed by atoms with Crippen molar-refractivity contribution < 1.29 is 69.2 Å². The summed E-state index contributed by atoms with van der Waals surface area (Å²) in [6.07, 6.45) is -10.2. The second kappa shape index (κ2) is 16.1. The van der Waals surface area contributed by atoms with Crippen LogP contribution in [0.2, 0.25) is 0 Å². The van der Waals surface area contributed by atoms with Crippen LogP contribution in [-0.4, -0.2) is 86.3 Å². The van der Waals surface area contributed by atoms with Crippen molar-refractivity contribution in [3.63, 3.8) is 0 Å². The van der Waals surface area contributed by atoms with Crippen LogP contribution >= 0.6 is 11.3 Å². The van der Waals surface area contributed by atoms with Crippen LogP contribution in [-0.2, 0) is 32.9 Å². The number of likely N-dealkylation sites (tertiary alicyclic amines) is 1. The number of anilines is 1. The van der Waals surface area contributed by atoms with Gasteiger partial charge >= 0.3 is 36.4 Å². The van der Waals surface area contributed by atoms with Crippen LogP contribution in [0.5, 0.6) is 0 Å². The molecular weight excluding hydrogens is 691 g/mol. The first kappa shape index (κ1) is 39.7. The van der Waals surface area contributed by atoms with Crippen molar-refractivity contribution in [2.45, 2.75) is 50.4 Å². The lowest BCUT2D eigenvalue weighted by Crippen LogP contribution is -2.36. The molecular formula is C28H27F9N4O6S. The van der Waals surface area contributed by atoms with Gasteiger partial charge in [0.1, 0.15) is 0 Å². The third kappa shape index (κ3) is 11.7. The molecule has 20 heteroatoms. The molecule has 2 aliphatic rings. The normalized spacial score (nSPS) is 17.2. The summed E-state index contributed by atoms with van der Waals surface area (Å²) in [5, 5.41) is 23.6. The second-order valence-electron chi connectivity index (χ2n) is 10.2. The molecule has 0 aliphatic carbocycles. The van der Waals surface area contributed by atoms with Gasteiger partial charge in [-0.05, 0) is 61.2 Å². The Bertz CT molecular complexity index is 1480. The molecule has 264 valence electrons. The molecule has 5 rings (SSSR count). The van der Waals surface area contributed by atoms with Gasteiger partial charge in [-0.25, -0.2) is 14.4 Å². The van der Waals surface area contributed by atoms with Crippen LogP contribution < -0.4 is 4.90 Å². The summed E-state index contributed by atoms with van der Waals surface area (Å²) < 4.78 is 95.2. The van der Waals surface area contributed by atoms with Crippen LogP contribution in [0, 0.1) is 6.92 Å². The standard InChI is InChI=1S/C22H24N4S.3C2HF3O2/c1-17-7-12-27-20(17)14-25-11-8-22(15-25)16-26(13-18-5-2-3-9-23-18)19-6-4-10-24-21(19)22;3*3-2(4,5)1(6)7/h2-7,9-10,12H,8,11,13-16H2,1H3;3*(H,6,7). The maximum atomic E-state index is 10.6. The summed E-state index contributed by atoms with van der Waals surface area (Å²) in [6.45, 7) is 7.41. The van der Waals surface area contributed by atoms with Gasteiger partial charge in [0.2, 0.25) is 0 Å². The van der Waals surface area contributed by atoms with Gasteiger partial charge in [0.15, 0.2) is 0 Å². The number of hydrogen-bond donors (Lipinski definition) is 3. The van der Waals surface area contributed by atoms with E-state index in [2.05, 4.69) is 57.4 Å². The number of fused-ring (bicyclic) bond motifs is 2. The van der Waals surface area contributed by atoms with Crippen LogP contribution in [0.25, 0.3) is 0 Å². The lowest BCUT2D eigenvalue weighted by molar-refractivity contribution is -0.193. The van der Waals surface area contributed by atoms with E-state index in [9.17, 15) is 39.5 Å². The van der Waals surface area contributed by atoms with E-state index < -0.39 is 36.4 Å². The molecule has 1 fully saturated rings. The average molecular weight is 719 g/mol. The van der Waals surface area contributed by atoms with E-state index in [1.54, 1.807) is 0 Å². The highest BCUT2D eigenvalue weighted by atomic mass is 32.1. The first-order valence-corrected chi connectivity index (χ1v) is 14.2. The lowest BCUT2D eigenvalue weighted by Gasteiger charge is -2.25. The molecule has 1 unspecified atom stereocenters. The smallest absolute Gasteiger partial charge is 0.475 e. The minimum atomic E-state index is -5.08. The van der Waals surface area contributed by atoms with Crippen LogP contribution in [0.3, 0.4) is 0 Å². The molecule has 0 aromatic carbocycles. The molecule has 1 atom stereocenters. The highest BCUT2D eigenvalue weighted by Crippen LogP contribution is 2.46. The van der Waals surface area contributed by atoms with Gasteiger partial charge < -0.3 is 20.2 Å². The number of hydrogen-bond acceptors (Lipinski definition) is 8. The van der Waals surface area contributed by atoms with E-state index in [0.717, 1.165) is 38.4 Å². The summed E-state index contributed by atoms with van der Waals surface area (Å²) >= 11 is 1.88. The molecule has 2 aliphatic heterocycles. The molecule has 1 spiro atoms. The number of aromatic nitrogens is 2. The number of carbonyl (C=O) groups is 3. The van der Waals surface area contributed by atoms with Crippen LogP contribution in [0.4, 0.5) is 45.2 Å². The summed E-state index contributed by atoms with van der Waals surface area (Å²) in [4.78, 5) is 42.7. The first-order valence-electron chi connectivity index (χ1n) is 13.3. The maximum Gasteiger partial charge on any atom is 0.490 e. The predicted molar refractivity (Wildman–Crippen MR) is 151 cm³/mol. The van der Waals surface area contributed by atoms with Gasteiger partial charge in [-0.3, -0.25) is 14.9 Å². The van der Waals surface area contributed by atoms with Crippen molar-refractivity contribution in [3.05, 3.63) is 76.0 Å². The summed E-state index contributed by atoms with van der Waals surface area (Å²) in [5.74, 6) is -8.27. The van der Waals surface area contributed by atoms with Crippen LogP contribution in [0.15, 0.2) is 54.2 Å². The lowest BCUT2D eigenvalue weighted by atomic mass is 9.85. The van der Waals surface area contributed by atoms with E-state index in [1.165, 1.54) is 28.2 Å². The highest BCUT2D eigenvalue weighted by molar-refractivity contribution is 7.10. The van der Waals surface area contributed by atoms with Crippen molar-refractivity contribution in [2.24, 2.45) is 0 Å². The van der Waals surface area contributed by atoms with E-state index in [0.29, 0.717) is 0 Å². The molecule has 0 amide bonds. The molecule has 5 heterocycles. The molecule has 1 saturated heterocycles. The second-order valence-corrected chi connectivity index (χ2v) is 11.2. The topological polar surface area (TPSA) is 144 Å². The highest BCUT2D eigenvalue weighted by Gasteiger charge is 2.48. The van der Waals surface area contributed by atoms with Gasteiger partial charge in [0.25, 0.3) is 0 Å². The molecule has 3 aromatic rings. The number of halogens is 9. The Balaban J connectivity index is 0.000000313. The Morgan fingerprint density at radius 1 is 0.792 bits per heavy atom. The number of carboxylic acid groups (broad SMARTS) is 3. The molecule has 3 N–H and O–H groups in total. The number of alkyl halides is 9. The van der Waals surface area contributed by atoms with Crippen LogP contribution in [0.1, 0.15) is 28.2 Å². The Morgan fingerprint density at radius 3 is 1.79 bits per heavy atom. The quantitative estimate of drug-likeness (QED) is 0.279. The number of carboxylic acids is 3. The first-order chi connectivity index (χ1) is 22.1. The van der Waals surface area contributed by atoms with Gasteiger partial charge in [-0.1, -0.05) is 6.07 Å². The maximum absolute atomic E-state index is 10.6. The fourth-order valence-electron chi connectivity index (χ4n) is 4.60. The number of nitrogens with zero attached hydrogens (tertiary/aromatic N) is 4. The van der Waals surface area contributed by atoms with Crippen molar-refractivity contribution >= 4 is 34.9 Å². The van der Waals surface area contributed by atoms with Gasteiger partial charge in [-0.2, -0.15) is 39.5 Å². The van der Waals surface area contributed by atoms with E-state index in [-0.39, 0.29) is 5.41 Å². The van der Waals surface area contributed by atoms with Gasteiger partial charge in [-0.15, -0.1) is 11.3 Å². The molecule has 10 nitrogen and oxygen atoms in total. The van der Waals surface area contributed by atoms with Crippen molar-refractivity contribution in [1.82, 2.24) is 14.9 Å². The number of rotatable bonds is 4. The molecule has 0 bridgehead atoms. The summed E-state index contributed by atoms with van der Waals surface area (Å²) in [5.41, 5.74) is 5.26. The zero-order valence-corrected chi connectivity index (χ0v) is 25.4. The molecule has 0 radical (unpaired) electrons. The monoisotopic (exact) mass is 718 g/mol. The summed E-state index contributed by atoms with van der Waals surface area (Å²) in [7, 11) is 0. The zero-order valence-electron chi connectivity index (χ0n) is 24.6. The van der Waals surface area contributed by atoms with Crippen molar-refractivity contribution in [2.75, 3.05) is 24.5 Å². The molecule has 3 aromatic heterocycles. The SMILES string of the molecule is Cc1ccsc1CN1CCC2(C1)CN(Cc1ccccn1)c1cccnc12.O=C(O)C(F)(F)F.O=C(O)C(F)(F)F.O=C(O)C(F)(F)F. The number of aryl methyl sites for hydroxylation is 1. The van der Waals surface area contributed by atoms with E-state index in [4.69, 9.17) is 34.7 Å². The van der Waals surface area contributed by atoms with E-state index >= 15 is 0 Å². The Kier molecular flexibility index (Phi) is 13.3. The fourth-order valence-corrected chi connectivity index (χ4v) is 5.55. The van der Waals surface area contributed by atoms with Gasteiger partial charge in [0.05, 0.1) is 23.6 Å². The number of pyridine rings is 2. The number of aliphatic carboxylic acids is 3. The Labute approximate surface area is 270 Å². The van der Waals surface area contributed by atoms with E-state index in [1.807, 2.05) is 29.8 Å². The average Bonchev–Trinajstić information content (AvgIpc) is 3.67. The third-order valence-electron chi connectivity index (χ3n) is 6.70. The molecule has 48 heavy (non-hydrogen) atoms. The minimum absolute atomic E-state index is 0.149. The third-order valence-corrected chi connectivity index (χ3v) is 7.71.